The number of rotatable bonds is 2. The summed E-state index contributed by atoms with van der Waals surface area (Å²) in [5, 5.41) is 6.39. The number of carbonyl (C=O) groups excluding carboxylic acids is 2. The molecule has 8 heteroatoms. The van der Waals surface area contributed by atoms with Crippen molar-refractivity contribution in [1.29, 1.82) is 0 Å². The molecule has 3 heterocycles. The lowest BCUT2D eigenvalue weighted by Gasteiger charge is -2.57. The van der Waals surface area contributed by atoms with Gasteiger partial charge in [0, 0.05) is 32.4 Å². The maximum Gasteiger partial charge on any atom is 0.347 e. The standard InChI is InChI=1S/C22H27N5O3/c28-19(17-2-1-3-27-18(17)23-24-21(27)30)25-4-6-26(7-5-25)20(29)22-11-14-8-15(12-22)10-16(9-14)13-22/h1-3,14-16H,4-13H2,(H,24,30). The van der Waals surface area contributed by atoms with E-state index in [1.807, 2.05) is 4.90 Å². The van der Waals surface area contributed by atoms with Crippen LogP contribution in [0.25, 0.3) is 5.65 Å². The fourth-order valence-electron chi connectivity index (χ4n) is 7.09. The van der Waals surface area contributed by atoms with E-state index in [9.17, 15) is 14.4 Å². The molecule has 1 saturated heterocycles. The number of nitrogens with zero attached hydrogens (tertiary/aromatic N) is 4. The lowest BCUT2D eigenvalue weighted by Crippen LogP contribution is -2.58. The summed E-state index contributed by atoms with van der Waals surface area (Å²) >= 11 is 0. The Kier molecular flexibility index (Phi) is 3.89. The number of fused-ring (bicyclic) bond motifs is 1. The fourth-order valence-corrected chi connectivity index (χ4v) is 7.09. The second-order valence-electron chi connectivity index (χ2n) is 9.93. The van der Waals surface area contributed by atoms with Crippen LogP contribution >= 0.6 is 0 Å². The zero-order valence-electron chi connectivity index (χ0n) is 17.0. The molecule has 0 spiro atoms. The monoisotopic (exact) mass is 409 g/mol. The lowest BCUT2D eigenvalue weighted by atomic mass is 9.49. The van der Waals surface area contributed by atoms with E-state index in [1.165, 1.54) is 23.7 Å². The molecular weight excluding hydrogens is 382 g/mol. The Morgan fingerprint density at radius 1 is 0.967 bits per heavy atom. The molecule has 5 aliphatic rings. The van der Waals surface area contributed by atoms with Crippen LogP contribution in [-0.4, -0.2) is 62.4 Å². The predicted molar refractivity (Wildman–Crippen MR) is 109 cm³/mol. The van der Waals surface area contributed by atoms with Crippen LogP contribution in [0, 0.1) is 23.2 Å². The van der Waals surface area contributed by atoms with Gasteiger partial charge in [-0.2, -0.15) is 5.10 Å². The van der Waals surface area contributed by atoms with Gasteiger partial charge in [0.25, 0.3) is 5.91 Å². The molecule has 1 aliphatic heterocycles. The molecular formula is C22H27N5O3. The van der Waals surface area contributed by atoms with Crippen molar-refractivity contribution in [2.24, 2.45) is 23.2 Å². The molecule has 0 aromatic carbocycles. The second-order valence-corrected chi connectivity index (χ2v) is 9.93. The van der Waals surface area contributed by atoms with E-state index in [4.69, 9.17) is 0 Å². The number of piperazine rings is 1. The third-order valence-electron chi connectivity index (χ3n) is 8.02. The maximum atomic E-state index is 13.5. The van der Waals surface area contributed by atoms with Crippen molar-refractivity contribution >= 4 is 17.5 Å². The lowest BCUT2D eigenvalue weighted by molar-refractivity contribution is -0.159. The molecule has 7 rings (SSSR count). The van der Waals surface area contributed by atoms with Crippen LogP contribution in [0.1, 0.15) is 48.9 Å². The third kappa shape index (κ3) is 2.65. The summed E-state index contributed by atoms with van der Waals surface area (Å²) in [6.45, 7) is 2.21. The molecule has 4 aliphatic carbocycles. The maximum absolute atomic E-state index is 13.5. The number of aromatic nitrogens is 3. The zero-order valence-corrected chi connectivity index (χ0v) is 17.0. The molecule has 0 unspecified atom stereocenters. The Morgan fingerprint density at radius 3 is 2.20 bits per heavy atom. The van der Waals surface area contributed by atoms with Gasteiger partial charge in [-0.3, -0.25) is 9.59 Å². The second kappa shape index (κ2) is 6.43. The van der Waals surface area contributed by atoms with Crippen LogP contribution in [0.5, 0.6) is 0 Å². The first kappa shape index (κ1) is 18.2. The van der Waals surface area contributed by atoms with Crippen molar-refractivity contribution in [3.63, 3.8) is 0 Å². The molecule has 0 atom stereocenters. The van der Waals surface area contributed by atoms with Gasteiger partial charge in [-0.1, -0.05) is 0 Å². The van der Waals surface area contributed by atoms with E-state index < -0.39 is 0 Å². The summed E-state index contributed by atoms with van der Waals surface area (Å²) < 4.78 is 1.35. The minimum Gasteiger partial charge on any atom is -0.339 e. The number of nitrogens with one attached hydrogen (secondary N) is 1. The molecule has 30 heavy (non-hydrogen) atoms. The summed E-state index contributed by atoms with van der Waals surface area (Å²) in [6.07, 6.45) is 8.82. The minimum atomic E-state index is -0.356. The predicted octanol–water partition coefficient (Wildman–Crippen LogP) is 1.52. The number of carbonyl (C=O) groups is 2. The highest BCUT2D eigenvalue weighted by atomic mass is 16.2. The van der Waals surface area contributed by atoms with E-state index in [0.717, 1.165) is 37.0 Å². The number of hydrogen-bond acceptors (Lipinski definition) is 4. The first-order valence-electron chi connectivity index (χ1n) is 11.2. The number of pyridine rings is 1. The van der Waals surface area contributed by atoms with Crippen molar-refractivity contribution in [2.75, 3.05) is 26.2 Å². The van der Waals surface area contributed by atoms with Crippen molar-refractivity contribution in [3.8, 4) is 0 Å². The van der Waals surface area contributed by atoms with Gasteiger partial charge < -0.3 is 9.80 Å². The van der Waals surface area contributed by atoms with E-state index in [0.29, 0.717) is 43.3 Å². The van der Waals surface area contributed by atoms with Gasteiger partial charge >= 0.3 is 5.69 Å². The van der Waals surface area contributed by atoms with Gasteiger partial charge in [0.05, 0.1) is 11.0 Å². The van der Waals surface area contributed by atoms with Crippen LogP contribution in [-0.2, 0) is 4.79 Å². The van der Waals surface area contributed by atoms with Gasteiger partial charge in [-0.25, -0.2) is 14.3 Å². The van der Waals surface area contributed by atoms with Crippen LogP contribution in [0.15, 0.2) is 23.1 Å². The third-order valence-corrected chi connectivity index (χ3v) is 8.02. The van der Waals surface area contributed by atoms with Gasteiger partial charge in [0.15, 0.2) is 5.65 Å². The molecule has 8 nitrogen and oxygen atoms in total. The van der Waals surface area contributed by atoms with Crippen LogP contribution < -0.4 is 5.69 Å². The Hall–Kier alpha value is -2.64. The Morgan fingerprint density at radius 2 is 1.57 bits per heavy atom. The SMILES string of the molecule is O=C(c1cccn2c(=O)[nH]nc12)N1CCN(C(=O)C23CC4CC(CC(C4)C2)C3)CC1. The number of aromatic amines is 1. The largest absolute Gasteiger partial charge is 0.347 e. The summed E-state index contributed by atoms with van der Waals surface area (Å²) in [4.78, 5) is 42.2. The summed E-state index contributed by atoms with van der Waals surface area (Å²) in [6, 6.07) is 3.38. The van der Waals surface area contributed by atoms with Crippen molar-refractivity contribution in [1.82, 2.24) is 24.4 Å². The molecule has 4 saturated carbocycles. The number of amides is 2. The molecule has 1 N–H and O–H groups in total. The highest BCUT2D eigenvalue weighted by Crippen LogP contribution is 2.60. The first-order chi connectivity index (χ1) is 14.5. The average molecular weight is 409 g/mol. The molecule has 0 radical (unpaired) electrons. The van der Waals surface area contributed by atoms with Crippen molar-refractivity contribution in [2.45, 2.75) is 38.5 Å². The van der Waals surface area contributed by atoms with Crippen LogP contribution in [0.4, 0.5) is 0 Å². The topological polar surface area (TPSA) is 90.8 Å². The molecule has 2 aromatic rings. The van der Waals surface area contributed by atoms with E-state index in [1.54, 1.807) is 23.2 Å². The highest BCUT2D eigenvalue weighted by molar-refractivity contribution is 5.99. The quantitative estimate of drug-likeness (QED) is 0.814. The zero-order chi connectivity index (χ0) is 20.5. The van der Waals surface area contributed by atoms with Crippen LogP contribution in [0.2, 0.25) is 0 Å². The Balaban J connectivity index is 1.16. The minimum absolute atomic E-state index is 0.122. The van der Waals surface area contributed by atoms with E-state index in [-0.39, 0.29) is 17.0 Å². The van der Waals surface area contributed by atoms with Gasteiger partial charge in [0.1, 0.15) is 0 Å². The molecule has 2 aromatic heterocycles. The molecule has 2 amide bonds. The smallest absolute Gasteiger partial charge is 0.339 e. The Bertz CT molecular complexity index is 1040. The van der Waals surface area contributed by atoms with Crippen LogP contribution in [0.3, 0.4) is 0 Å². The van der Waals surface area contributed by atoms with Gasteiger partial charge in [-0.15, -0.1) is 0 Å². The van der Waals surface area contributed by atoms with E-state index >= 15 is 0 Å². The summed E-state index contributed by atoms with van der Waals surface area (Å²) in [5.41, 5.74) is 0.282. The normalized spacial score (nSPS) is 32.7. The van der Waals surface area contributed by atoms with E-state index in [2.05, 4.69) is 10.2 Å². The van der Waals surface area contributed by atoms with Gasteiger partial charge in [0.2, 0.25) is 5.91 Å². The highest BCUT2D eigenvalue weighted by Gasteiger charge is 2.55. The average Bonchev–Trinajstić information content (AvgIpc) is 3.13. The first-order valence-corrected chi connectivity index (χ1v) is 11.2. The van der Waals surface area contributed by atoms with Crippen molar-refractivity contribution < 1.29 is 9.59 Å². The summed E-state index contributed by atoms with van der Waals surface area (Å²) in [7, 11) is 0. The van der Waals surface area contributed by atoms with Gasteiger partial charge in [-0.05, 0) is 68.4 Å². The Labute approximate surface area is 174 Å². The molecule has 5 fully saturated rings. The number of H-pyrrole nitrogens is 1. The fraction of sp³-hybridized carbons (Fsp3) is 0.636. The van der Waals surface area contributed by atoms with Crippen molar-refractivity contribution in [3.05, 3.63) is 34.4 Å². The number of hydrogen-bond donors (Lipinski definition) is 1. The molecule has 158 valence electrons. The summed E-state index contributed by atoms with van der Waals surface area (Å²) in [5.74, 6) is 2.46. The molecule has 4 bridgehead atoms.